The Labute approximate surface area is 159 Å². The molecular formula is C19H16N2O5S. The molecule has 2 heterocycles. The molecule has 0 bridgehead atoms. The molecule has 138 valence electrons. The van der Waals surface area contributed by atoms with Crippen molar-refractivity contribution in [2.24, 2.45) is 0 Å². The van der Waals surface area contributed by atoms with Crippen molar-refractivity contribution in [1.82, 2.24) is 9.97 Å². The third-order valence-corrected chi connectivity index (χ3v) is 4.25. The maximum Gasteiger partial charge on any atom is 0.347 e. The lowest BCUT2D eigenvalue weighted by atomic mass is 10.2. The monoisotopic (exact) mass is 384 g/mol. The van der Waals surface area contributed by atoms with E-state index in [0.29, 0.717) is 29.0 Å². The van der Waals surface area contributed by atoms with E-state index in [9.17, 15) is 9.59 Å². The highest BCUT2D eigenvalue weighted by molar-refractivity contribution is 7.98. The maximum atomic E-state index is 12.4. The maximum absolute atomic E-state index is 12.4. The second kappa shape index (κ2) is 9.00. The van der Waals surface area contributed by atoms with Gasteiger partial charge in [-0.15, -0.1) is 0 Å². The topological polar surface area (TPSA) is 91.5 Å². The van der Waals surface area contributed by atoms with Gasteiger partial charge in [0.1, 0.15) is 23.3 Å². The van der Waals surface area contributed by atoms with Gasteiger partial charge < -0.3 is 13.9 Å². The third kappa shape index (κ3) is 4.95. The van der Waals surface area contributed by atoms with Crippen LogP contribution in [-0.4, -0.2) is 22.5 Å². The number of aromatic nitrogens is 2. The fourth-order valence-corrected chi connectivity index (χ4v) is 2.85. The SMILES string of the molecule is CCOc1ccccc1C(=O)Oc1coc(CSc2ncccn2)cc1=O. The molecule has 27 heavy (non-hydrogen) atoms. The first kappa shape index (κ1) is 18.7. The van der Waals surface area contributed by atoms with Gasteiger partial charge in [-0.1, -0.05) is 23.9 Å². The molecule has 7 nitrogen and oxygen atoms in total. The zero-order valence-corrected chi connectivity index (χ0v) is 15.3. The number of carbonyl (C=O) groups is 1. The minimum Gasteiger partial charge on any atom is -0.493 e. The minimum absolute atomic E-state index is 0.184. The number of esters is 1. The summed E-state index contributed by atoms with van der Waals surface area (Å²) in [6.45, 7) is 2.22. The number of hydrogen-bond acceptors (Lipinski definition) is 8. The van der Waals surface area contributed by atoms with Crippen molar-refractivity contribution in [1.29, 1.82) is 0 Å². The fourth-order valence-electron chi connectivity index (χ4n) is 2.16. The number of ether oxygens (including phenoxy) is 2. The van der Waals surface area contributed by atoms with E-state index in [-0.39, 0.29) is 11.3 Å². The normalized spacial score (nSPS) is 10.4. The first-order valence-electron chi connectivity index (χ1n) is 8.13. The van der Waals surface area contributed by atoms with E-state index in [2.05, 4.69) is 9.97 Å². The van der Waals surface area contributed by atoms with Gasteiger partial charge in [0.05, 0.1) is 12.4 Å². The van der Waals surface area contributed by atoms with Crippen molar-refractivity contribution in [3.8, 4) is 11.5 Å². The number of benzene rings is 1. The average Bonchev–Trinajstić information content (AvgIpc) is 2.69. The predicted octanol–water partition coefficient (Wildman–Crippen LogP) is 3.34. The molecule has 0 N–H and O–H groups in total. The van der Waals surface area contributed by atoms with Crippen molar-refractivity contribution < 1.29 is 18.7 Å². The second-order valence-electron chi connectivity index (χ2n) is 5.21. The molecule has 0 saturated heterocycles. The zero-order valence-electron chi connectivity index (χ0n) is 14.5. The highest BCUT2D eigenvalue weighted by Crippen LogP contribution is 2.21. The quantitative estimate of drug-likeness (QED) is 0.348. The predicted molar refractivity (Wildman–Crippen MR) is 99.1 cm³/mol. The second-order valence-corrected chi connectivity index (χ2v) is 6.16. The molecule has 0 atom stereocenters. The molecule has 0 unspecified atom stereocenters. The molecule has 1 aromatic carbocycles. The van der Waals surface area contributed by atoms with Gasteiger partial charge in [-0.05, 0) is 25.1 Å². The van der Waals surface area contributed by atoms with Gasteiger partial charge in [0.25, 0.3) is 0 Å². The van der Waals surface area contributed by atoms with Crippen LogP contribution in [0.3, 0.4) is 0 Å². The number of hydrogen-bond donors (Lipinski definition) is 0. The summed E-state index contributed by atoms with van der Waals surface area (Å²) < 4.78 is 16.0. The molecule has 0 fully saturated rings. The van der Waals surface area contributed by atoms with Crippen LogP contribution in [-0.2, 0) is 5.75 Å². The molecule has 0 saturated carbocycles. The molecule has 0 spiro atoms. The molecule has 0 aliphatic carbocycles. The molecule has 0 aliphatic heterocycles. The molecule has 2 aromatic heterocycles. The van der Waals surface area contributed by atoms with Gasteiger partial charge in [-0.3, -0.25) is 4.79 Å². The number of rotatable bonds is 7. The van der Waals surface area contributed by atoms with Gasteiger partial charge in [-0.2, -0.15) is 0 Å². The van der Waals surface area contributed by atoms with E-state index < -0.39 is 11.4 Å². The van der Waals surface area contributed by atoms with Crippen molar-refractivity contribution in [3.05, 3.63) is 76.6 Å². The Morgan fingerprint density at radius 1 is 1.15 bits per heavy atom. The standard InChI is InChI=1S/C19H16N2O5S/c1-2-24-16-7-4-3-6-14(16)18(23)26-17-11-25-13(10-15(17)22)12-27-19-20-8-5-9-21-19/h3-11H,2,12H2,1H3. The molecule has 0 radical (unpaired) electrons. The Balaban J connectivity index is 1.69. The van der Waals surface area contributed by atoms with Crippen LogP contribution in [0.15, 0.2) is 69.4 Å². The average molecular weight is 384 g/mol. The number of para-hydroxylation sites is 1. The van der Waals surface area contributed by atoms with E-state index in [1.54, 1.807) is 42.7 Å². The van der Waals surface area contributed by atoms with Crippen LogP contribution >= 0.6 is 11.8 Å². The van der Waals surface area contributed by atoms with Crippen LogP contribution < -0.4 is 14.9 Å². The molecule has 8 heteroatoms. The van der Waals surface area contributed by atoms with Crippen LogP contribution in [0.4, 0.5) is 0 Å². The lowest BCUT2D eigenvalue weighted by Crippen LogP contribution is -2.15. The summed E-state index contributed by atoms with van der Waals surface area (Å²) in [4.78, 5) is 32.7. The minimum atomic E-state index is -0.689. The molecule has 0 amide bonds. The van der Waals surface area contributed by atoms with Crippen LogP contribution in [0, 0.1) is 0 Å². The Morgan fingerprint density at radius 3 is 2.67 bits per heavy atom. The summed E-state index contributed by atoms with van der Waals surface area (Å²) in [5, 5.41) is 0.572. The Bertz CT molecular complexity index is 975. The third-order valence-electron chi connectivity index (χ3n) is 3.35. The van der Waals surface area contributed by atoms with Gasteiger partial charge in [-0.25, -0.2) is 14.8 Å². The summed E-state index contributed by atoms with van der Waals surface area (Å²) >= 11 is 1.33. The van der Waals surface area contributed by atoms with Gasteiger partial charge >= 0.3 is 5.97 Å². The van der Waals surface area contributed by atoms with Crippen molar-refractivity contribution >= 4 is 17.7 Å². The van der Waals surface area contributed by atoms with Crippen molar-refractivity contribution in [2.45, 2.75) is 17.8 Å². The van der Waals surface area contributed by atoms with E-state index in [1.807, 2.05) is 6.92 Å². The Kier molecular flexibility index (Phi) is 6.22. The number of carbonyl (C=O) groups excluding carboxylic acids is 1. The summed E-state index contributed by atoms with van der Waals surface area (Å²) in [5.74, 6) is 0.320. The van der Waals surface area contributed by atoms with E-state index in [4.69, 9.17) is 13.9 Å². The largest absolute Gasteiger partial charge is 0.493 e. The first-order valence-corrected chi connectivity index (χ1v) is 9.11. The molecule has 0 aliphatic rings. The highest BCUT2D eigenvalue weighted by atomic mass is 32.2. The number of nitrogens with zero attached hydrogens (tertiary/aromatic N) is 2. The van der Waals surface area contributed by atoms with Crippen LogP contribution in [0.5, 0.6) is 11.5 Å². The summed E-state index contributed by atoms with van der Waals surface area (Å²) in [6.07, 6.45) is 4.40. The van der Waals surface area contributed by atoms with Crippen LogP contribution in [0.2, 0.25) is 0 Å². The molecular weight excluding hydrogens is 368 g/mol. The van der Waals surface area contributed by atoms with Crippen molar-refractivity contribution in [2.75, 3.05) is 6.61 Å². The van der Waals surface area contributed by atoms with Gasteiger partial charge in [0.2, 0.25) is 11.2 Å². The van der Waals surface area contributed by atoms with E-state index in [0.717, 1.165) is 6.26 Å². The van der Waals surface area contributed by atoms with Gasteiger partial charge in [0, 0.05) is 18.5 Å². The zero-order chi connectivity index (χ0) is 19.1. The van der Waals surface area contributed by atoms with Crippen LogP contribution in [0.25, 0.3) is 0 Å². The van der Waals surface area contributed by atoms with Crippen molar-refractivity contribution in [3.63, 3.8) is 0 Å². The summed E-state index contributed by atoms with van der Waals surface area (Å²) in [5.41, 5.74) is -0.215. The molecule has 3 aromatic rings. The van der Waals surface area contributed by atoms with E-state index >= 15 is 0 Å². The van der Waals surface area contributed by atoms with Gasteiger partial charge in [0.15, 0.2) is 5.16 Å². The summed E-state index contributed by atoms with van der Waals surface area (Å²) in [6, 6.07) is 9.67. The molecule has 3 rings (SSSR count). The highest BCUT2D eigenvalue weighted by Gasteiger charge is 2.16. The Hall–Kier alpha value is -3.13. The lowest BCUT2D eigenvalue weighted by Gasteiger charge is -2.09. The Morgan fingerprint density at radius 2 is 1.93 bits per heavy atom. The smallest absolute Gasteiger partial charge is 0.347 e. The lowest BCUT2D eigenvalue weighted by molar-refractivity contribution is 0.0724. The van der Waals surface area contributed by atoms with E-state index in [1.165, 1.54) is 17.8 Å². The summed E-state index contributed by atoms with van der Waals surface area (Å²) in [7, 11) is 0. The fraction of sp³-hybridized carbons (Fsp3) is 0.158. The van der Waals surface area contributed by atoms with Crippen LogP contribution in [0.1, 0.15) is 23.0 Å². The first-order chi connectivity index (χ1) is 13.2. The number of thioether (sulfide) groups is 1.